The van der Waals surface area contributed by atoms with E-state index in [1.165, 1.54) is 49.7 Å². The standard InChI is InChI=1S/C19H28O/c1-14-7-10-17(20)13-16(14)9-8-15-5-3-11-19(2)12-4-6-18(15)19/h8-9,17-18,20H,1,3-7,10-13H2,2H3/b15-8+,16-9-. The van der Waals surface area contributed by atoms with Gasteiger partial charge in [-0.25, -0.2) is 0 Å². The van der Waals surface area contributed by atoms with Gasteiger partial charge in [0.1, 0.15) is 0 Å². The Labute approximate surface area is 123 Å². The van der Waals surface area contributed by atoms with E-state index in [1.54, 1.807) is 5.57 Å². The number of hydrogen-bond acceptors (Lipinski definition) is 1. The van der Waals surface area contributed by atoms with Crippen LogP contribution in [-0.4, -0.2) is 11.2 Å². The second kappa shape index (κ2) is 5.52. The summed E-state index contributed by atoms with van der Waals surface area (Å²) in [6, 6.07) is 0. The molecule has 0 bridgehead atoms. The fraction of sp³-hybridized carbons (Fsp3) is 0.684. The first-order chi connectivity index (χ1) is 9.58. The molecule has 1 nitrogen and oxygen atoms in total. The largest absolute Gasteiger partial charge is 0.393 e. The lowest BCUT2D eigenvalue weighted by Gasteiger charge is -2.38. The molecule has 20 heavy (non-hydrogen) atoms. The Morgan fingerprint density at radius 3 is 2.80 bits per heavy atom. The molecule has 3 saturated carbocycles. The number of hydrogen-bond donors (Lipinski definition) is 1. The van der Waals surface area contributed by atoms with Crippen LogP contribution in [0.2, 0.25) is 0 Å². The van der Waals surface area contributed by atoms with E-state index in [9.17, 15) is 5.11 Å². The smallest absolute Gasteiger partial charge is 0.0583 e. The number of fused-ring (bicyclic) bond motifs is 1. The summed E-state index contributed by atoms with van der Waals surface area (Å²) in [6.07, 6.45) is 15.4. The molecule has 3 atom stereocenters. The average molecular weight is 272 g/mol. The molecule has 3 rings (SSSR count). The number of rotatable bonds is 1. The zero-order valence-corrected chi connectivity index (χ0v) is 12.8. The predicted molar refractivity (Wildman–Crippen MR) is 84.5 cm³/mol. The first kappa shape index (κ1) is 14.1. The van der Waals surface area contributed by atoms with Crippen LogP contribution in [0.25, 0.3) is 0 Å². The predicted octanol–water partition coefficient (Wildman–Crippen LogP) is 4.93. The lowest BCUT2D eigenvalue weighted by molar-refractivity contribution is 0.158. The van der Waals surface area contributed by atoms with E-state index in [0.29, 0.717) is 5.41 Å². The zero-order chi connectivity index (χ0) is 14.2. The number of allylic oxidation sites excluding steroid dienone is 4. The molecular formula is C19H28O. The highest BCUT2D eigenvalue weighted by molar-refractivity contribution is 5.36. The van der Waals surface area contributed by atoms with Gasteiger partial charge in [-0.3, -0.25) is 0 Å². The molecule has 3 aliphatic rings. The van der Waals surface area contributed by atoms with Crippen molar-refractivity contribution in [2.24, 2.45) is 11.3 Å². The van der Waals surface area contributed by atoms with Gasteiger partial charge >= 0.3 is 0 Å². The van der Waals surface area contributed by atoms with E-state index in [2.05, 4.69) is 25.7 Å². The molecule has 0 radical (unpaired) electrons. The molecule has 3 unspecified atom stereocenters. The maximum Gasteiger partial charge on any atom is 0.0583 e. The summed E-state index contributed by atoms with van der Waals surface area (Å²) < 4.78 is 0. The molecular weight excluding hydrogens is 244 g/mol. The highest BCUT2D eigenvalue weighted by atomic mass is 16.3. The van der Waals surface area contributed by atoms with Crippen LogP contribution in [0.3, 0.4) is 0 Å². The molecule has 0 aromatic carbocycles. The van der Waals surface area contributed by atoms with Crippen molar-refractivity contribution in [1.82, 2.24) is 0 Å². The second-order valence-electron chi connectivity index (χ2n) is 7.39. The minimum absolute atomic E-state index is 0.159. The van der Waals surface area contributed by atoms with Gasteiger partial charge in [-0.15, -0.1) is 0 Å². The molecule has 0 aromatic heterocycles. The SMILES string of the molecule is C=C1CCC(O)C/C1=C/C=C1\CCCC2(C)CCCC12. The Hall–Kier alpha value is -0.820. The van der Waals surface area contributed by atoms with Crippen LogP contribution < -0.4 is 0 Å². The van der Waals surface area contributed by atoms with Gasteiger partial charge in [0, 0.05) is 0 Å². The van der Waals surface area contributed by atoms with E-state index < -0.39 is 0 Å². The van der Waals surface area contributed by atoms with E-state index in [4.69, 9.17) is 0 Å². The fourth-order valence-electron chi connectivity index (χ4n) is 4.63. The molecule has 3 aliphatic carbocycles. The summed E-state index contributed by atoms with van der Waals surface area (Å²) in [6.45, 7) is 6.66. The summed E-state index contributed by atoms with van der Waals surface area (Å²) in [5.74, 6) is 0.815. The number of aliphatic hydroxyl groups excluding tert-OH is 1. The average Bonchev–Trinajstić information content (AvgIpc) is 2.82. The Morgan fingerprint density at radius 2 is 1.95 bits per heavy atom. The van der Waals surface area contributed by atoms with Gasteiger partial charge in [0.15, 0.2) is 0 Å². The zero-order valence-electron chi connectivity index (χ0n) is 12.8. The van der Waals surface area contributed by atoms with E-state index in [1.807, 2.05) is 0 Å². The van der Waals surface area contributed by atoms with Crippen LogP contribution in [0, 0.1) is 11.3 Å². The second-order valence-corrected chi connectivity index (χ2v) is 7.39. The maximum atomic E-state index is 9.82. The Balaban J connectivity index is 1.79. The first-order valence-electron chi connectivity index (χ1n) is 8.34. The Morgan fingerprint density at radius 1 is 1.15 bits per heavy atom. The molecule has 3 fully saturated rings. The van der Waals surface area contributed by atoms with E-state index >= 15 is 0 Å². The summed E-state index contributed by atoms with van der Waals surface area (Å²) in [4.78, 5) is 0. The first-order valence-corrected chi connectivity index (χ1v) is 8.34. The summed E-state index contributed by atoms with van der Waals surface area (Å²) in [7, 11) is 0. The van der Waals surface area contributed by atoms with Crippen molar-refractivity contribution in [3.8, 4) is 0 Å². The normalized spacial score (nSPS) is 42.2. The van der Waals surface area contributed by atoms with Crippen LogP contribution in [0.15, 0.2) is 35.5 Å². The van der Waals surface area contributed by atoms with Crippen molar-refractivity contribution < 1.29 is 5.11 Å². The third kappa shape index (κ3) is 2.65. The number of aliphatic hydroxyl groups is 1. The fourth-order valence-corrected chi connectivity index (χ4v) is 4.63. The molecule has 110 valence electrons. The van der Waals surface area contributed by atoms with Crippen molar-refractivity contribution >= 4 is 0 Å². The Kier molecular flexibility index (Phi) is 3.90. The van der Waals surface area contributed by atoms with Gasteiger partial charge in [0.05, 0.1) is 6.10 Å². The van der Waals surface area contributed by atoms with Crippen LogP contribution in [-0.2, 0) is 0 Å². The summed E-state index contributed by atoms with van der Waals surface area (Å²) in [5.41, 5.74) is 4.75. The van der Waals surface area contributed by atoms with Gasteiger partial charge in [0.2, 0.25) is 0 Å². The van der Waals surface area contributed by atoms with Crippen molar-refractivity contribution in [2.45, 2.75) is 70.8 Å². The molecule has 0 amide bonds. The van der Waals surface area contributed by atoms with Crippen LogP contribution >= 0.6 is 0 Å². The lowest BCUT2D eigenvalue weighted by atomic mass is 9.67. The molecule has 0 aromatic rings. The van der Waals surface area contributed by atoms with Crippen molar-refractivity contribution in [3.05, 3.63) is 35.5 Å². The van der Waals surface area contributed by atoms with Crippen LogP contribution in [0.1, 0.15) is 64.7 Å². The van der Waals surface area contributed by atoms with Crippen molar-refractivity contribution in [1.29, 1.82) is 0 Å². The highest BCUT2D eigenvalue weighted by Crippen LogP contribution is 2.54. The third-order valence-corrected chi connectivity index (χ3v) is 5.93. The van der Waals surface area contributed by atoms with Gasteiger partial charge in [-0.1, -0.05) is 43.2 Å². The summed E-state index contributed by atoms with van der Waals surface area (Å²) in [5, 5.41) is 9.82. The van der Waals surface area contributed by atoms with E-state index in [-0.39, 0.29) is 6.10 Å². The molecule has 0 saturated heterocycles. The molecule has 0 spiro atoms. The molecule has 1 N–H and O–H groups in total. The monoisotopic (exact) mass is 272 g/mol. The molecule has 1 heteroatoms. The minimum Gasteiger partial charge on any atom is -0.393 e. The Bertz CT molecular complexity index is 456. The van der Waals surface area contributed by atoms with Gasteiger partial charge < -0.3 is 5.11 Å². The van der Waals surface area contributed by atoms with Gasteiger partial charge in [0.25, 0.3) is 0 Å². The summed E-state index contributed by atoms with van der Waals surface area (Å²) >= 11 is 0. The van der Waals surface area contributed by atoms with Crippen LogP contribution in [0.5, 0.6) is 0 Å². The lowest BCUT2D eigenvalue weighted by Crippen LogP contribution is -2.27. The molecule has 0 aliphatic heterocycles. The van der Waals surface area contributed by atoms with E-state index in [0.717, 1.165) is 25.2 Å². The van der Waals surface area contributed by atoms with Crippen molar-refractivity contribution in [3.63, 3.8) is 0 Å². The minimum atomic E-state index is -0.159. The topological polar surface area (TPSA) is 20.2 Å². The van der Waals surface area contributed by atoms with Gasteiger partial charge in [-0.2, -0.15) is 0 Å². The van der Waals surface area contributed by atoms with Crippen molar-refractivity contribution in [2.75, 3.05) is 0 Å². The third-order valence-electron chi connectivity index (χ3n) is 5.93. The maximum absolute atomic E-state index is 9.82. The highest BCUT2D eigenvalue weighted by Gasteiger charge is 2.42. The van der Waals surface area contributed by atoms with Gasteiger partial charge in [-0.05, 0) is 68.3 Å². The molecule has 0 heterocycles. The quantitative estimate of drug-likeness (QED) is 0.717. The van der Waals surface area contributed by atoms with Crippen LogP contribution in [0.4, 0.5) is 0 Å².